The molecule has 0 amide bonds. The normalized spacial score (nSPS) is 11.1. The molecule has 0 heterocycles. The Balaban J connectivity index is 3.62. The summed E-state index contributed by atoms with van der Waals surface area (Å²) >= 11 is 0. The third-order valence-corrected chi connectivity index (χ3v) is 0.826. The second-order valence-corrected chi connectivity index (χ2v) is 2.27. The van der Waals surface area contributed by atoms with Gasteiger partial charge in [-0.15, -0.1) is 0 Å². The zero-order chi connectivity index (χ0) is 7.98. The van der Waals surface area contributed by atoms with Crippen molar-refractivity contribution in [2.75, 3.05) is 14.1 Å². The van der Waals surface area contributed by atoms with Crippen molar-refractivity contribution in [3.8, 4) is 0 Å². The van der Waals surface area contributed by atoms with Crippen molar-refractivity contribution in [2.24, 2.45) is 0 Å². The summed E-state index contributed by atoms with van der Waals surface area (Å²) in [5.41, 5.74) is 0. The number of carbonyl (C=O) groups is 1. The summed E-state index contributed by atoms with van der Waals surface area (Å²) in [6.07, 6.45) is 6.95. The molecule has 0 fully saturated rings. The molecule has 2 heteroatoms. The van der Waals surface area contributed by atoms with Gasteiger partial charge in [0, 0.05) is 14.1 Å². The molecule has 0 bridgehead atoms. The third-order valence-electron chi connectivity index (χ3n) is 0.826. The van der Waals surface area contributed by atoms with Crippen molar-refractivity contribution in [2.45, 2.75) is 6.92 Å². The lowest BCUT2D eigenvalue weighted by atomic mass is 10.4. The number of hydrogen-bond acceptors (Lipinski definition) is 2. The van der Waals surface area contributed by atoms with E-state index >= 15 is 0 Å². The van der Waals surface area contributed by atoms with Crippen LogP contribution in [-0.2, 0) is 4.79 Å². The molecule has 10 heavy (non-hydrogen) atoms. The first kappa shape index (κ1) is 8.95. The molecule has 0 saturated carbocycles. The minimum atomic E-state index is 0.0726. The minimum Gasteiger partial charge on any atom is -0.383 e. The van der Waals surface area contributed by atoms with Gasteiger partial charge in [-0.1, -0.05) is 6.08 Å². The van der Waals surface area contributed by atoms with Crippen LogP contribution in [0.4, 0.5) is 0 Å². The molecule has 0 spiro atoms. The van der Waals surface area contributed by atoms with Gasteiger partial charge in [0.1, 0.15) is 0 Å². The van der Waals surface area contributed by atoms with E-state index in [1.807, 2.05) is 31.3 Å². The van der Waals surface area contributed by atoms with Crippen LogP contribution in [0.1, 0.15) is 6.92 Å². The van der Waals surface area contributed by atoms with Crippen LogP contribution >= 0.6 is 0 Å². The molecule has 0 aromatic rings. The number of nitrogens with zero attached hydrogens (tertiary/aromatic N) is 1. The summed E-state index contributed by atoms with van der Waals surface area (Å²) in [4.78, 5) is 12.3. The van der Waals surface area contributed by atoms with E-state index < -0.39 is 0 Å². The van der Waals surface area contributed by atoms with Crippen LogP contribution in [0.25, 0.3) is 0 Å². The topological polar surface area (TPSA) is 20.3 Å². The zero-order valence-corrected chi connectivity index (χ0v) is 6.66. The molecule has 0 saturated heterocycles. The van der Waals surface area contributed by atoms with Crippen LogP contribution in [0, 0.1) is 0 Å². The first-order valence-corrected chi connectivity index (χ1v) is 3.15. The second-order valence-electron chi connectivity index (χ2n) is 2.27. The zero-order valence-electron chi connectivity index (χ0n) is 6.66. The lowest BCUT2D eigenvalue weighted by Gasteiger charge is -2.00. The number of carbonyl (C=O) groups excluding carboxylic acids is 1. The van der Waals surface area contributed by atoms with Gasteiger partial charge in [-0.25, -0.2) is 0 Å². The Morgan fingerprint density at radius 3 is 2.30 bits per heavy atom. The average Bonchev–Trinajstić information content (AvgIpc) is 1.79. The van der Waals surface area contributed by atoms with Gasteiger partial charge < -0.3 is 4.90 Å². The summed E-state index contributed by atoms with van der Waals surface area (Å²) in [5.74, 6) is 0.0726. The first-order chi connectivity index (χ1) is 4.63. The predicted molar refractivity (Wildman–Crippen MR) is 42.6 cm³/mol. The van der Waals surface area contributed by atoms with Crippen molar-refractivity contribution in [1.29, 1.82) is 0 Å². The van der Waals surface area contributed by atoms with E-state index in [0.29, 0.717) is 0 Å². The molecule has 0 N–H and O–H groups in total. The van der Waals surface area contributed by atoms with Crippen LogP contribution in [-0.4, -0.2) is 24.8 Å². The molecule has 56 valence electrons. The lowest BCUT2D eigenvalue weighted by molar-refractivity contribution is -0.112. The standard InChI is InChI=1S/C8H13NO/c1-8(10)6-4-5-7-9(2)3/h4-7H,1-3H3/b6-4+,7-5+. The van der Waals surface area contributed by atoms with Gasteiger partial charge in [-0.2, -0.15) is 0 Å². The van der Waals surface area contributed by atoms with Gasteiger partial charge in [0.15, 0.2) is 5.78 Å². The lowest BCUT2D eigenvalue weighted by Crippen LogP contribution is -1.99. The number of ketones is 1. The SMILES string of the molecule is CC(=O)/C=C/C=C/N(C)C. The molecule has 0 aromatic heterocycles. The van der Waals surface area contributed by atoms with Crippen LogP contribution in [0.5, 0.6) is 0 Å². The van der Waals surface area contributed by atoms with Crippen molar-refractivity contribution >= 4 is 5.78 Å². The number of rotatable bonds is 3. The number of allylic oxidation sites excluding steroid dienone is 3. The molecule has 0 aliphatic carbocycles. The summed E-state index contributed by atoms with van der Waals surface area (Å²) in [6, 6.07) is 0. The average molecular weight is 139 g/mol. The summed E-state index contributed by atoms with van der Waals surface area (Å²) in [5, 5.41) is 0. The molecule has 0 rings (SSSR count). The molecule has 2 nitrogen and oxygen atoms in total. The van der Waals surface area contributed by atoms with Gasteiger partial charge in [-0.05, 0) is 25.3 Å². The Hall–Kier alpha value is -1.05. The van der Waals surface area contributed by atoms with Gasteiger partial charge in [-0.3, -0.25) is 4.79 Å². The van der Waals surface area contributed by atoms with Crippen LogP contribution in [0.2, 0.25) is 0 Å². The van der Waals surface area contributed by atoms with E-state index in [2.05, 4.69) is 0 Å². The highest BCUT2D eigenvalue weighted by atomic mass is 16.1. The van der Waals surface area contributed by atoms with E-state index in [1.54, 1.807) is 6.08 Å². The van der Waals surface area contributed by atoms with Crippen molar-refractivity contribution in [3.63, 3.8) is 0 Å². The van der Waals surface area contributed by atoms with Gasteiger partial charge >= 0.3 is 0 Å². The largest absolute Gasteiger partial charge is 0.383 e. The Kier molecular flexibility index (Phi) is 4.29. The van der Waals surface area contributed by atoms with E-state index in [9.17, 15) is 4.79 Å². The van der Waals surface area contributed by atoms with Crippen molar-refractivity contribution < 1.29 is 4.79 Å². The van der Waals surface area contributed by atoms with Crippen molar-refractivity contribution in [1.82, 2.24) is 4.90 Å². The molecular weight excluding hydrogens is 126 g/mol. The monoisotopic (exact) mass is 139 g/mol. The molecule has 0 aliphatic rings. The fourth-order valence-corrected chi connectivity index (χ4v) is 0.413. The van der Waals surface area contributed by atoms with Crippen LogP contribution < -0.4 is 0 Å². The molecule has 0 radical (unpaired) electrons. The maximum atomic E-state index is 10.4. The Morgan fingerprint density at radius 2 is 1.90 bits per heavy atom. The molecule has 0 atom stereocenters. The fraction of sp³-hybridized carbons (Fsp3) is 0.375. The number of hydrogen-bond donors (Lipinski definition) is 0. The second kappa shape index (κ2) is 4.79. The highest BCUT2D eigenvalue weighted by Crippen LogP contribution is 1.80. The maximum Gasteiger partial charge on any atom is 0.152 e. The van der Waals surface area contributed by atoms with Crippen molar-refractivity contribution in [3.05, 3.63) is 24.4 Å². The predicted octanol–water partition coefficient (Wildman–Crippen LogP) is 1.21. The molecule has 0 aliphatic heterocycles. The molecule has 0 aromatic carbocycles. The third kappa shape index (κ3) is 6.95. The smallest absolute Gasteiger partial charge is 0.152 e. The van der Waals surface area contributed by atoms with Gasteiger partial charge in [0.25, 0.3) is 0 Å². The summed E-state index contributed by atoms with van der Waals surface area (Å²) in [7, 11) is 3.86. The summed E-state index contributed by atoms with van der Waals surface area (Å²) in [6.45, 7) is 1.53. The Bertz CT molecular complexity index is 157. The molecular formula is C8H13NO. The van der Waals surface area contributed by atoms with Gasteiger partial charge in [0.2, 0.25) is 0 Å². The highest BCUT2D eigenvalue weighted by molar-refractivity contribution is 5.87. The molecule has 0 unspecified atom stereocenters. The fourth-order valence-electron chi connectivity index (χ4n) is 0.413. The Morgan fingerprint density at radius 1 is 1.30 bits per heavy atom. The van der Waals surface area contributed by atoms with E-state index in [-0.39, 0.29) is 5.78 Å². The van der Waals surface area contributed by atoms with E-state index in [1.165, 1.54) is 13.0 Å². The van der Waals surface area contributed by atoms with Gasteiger partial charge in [0.05, 0.1) is 0 Å². The van der Waals surface area contributed by atoms with E-state index in [0.717, 1.165) is 0 Å². The first-order valence-electron chi connectivity index (χ1n) is 3.15. The van der Waals surface area contributed by atoms with Crippen LogP contribution in [0.15, 0.2) is 24.4 Å². The Labute approximate surface area is 61.8 Å². The minimum absolute atomic E-state index is 0.0726. The maximum absolute atomic E-state index is 10.4. The quantitative estimate of drug-likeness (QED) is 0.432. The van der Waals surface area contributed by atoms with Crippen LogP contribution in [0.3, 0.4) is 0 Å². The summed E-state index contributed by atoms with van der Waals surface area (Å²) < 4.78 is 0. The highest BCUT2D eigenvalue weighted by Gasteiger charge is 1.77. The van der Waals surface area contributed by atoms with E-state index in [4.69, 9.17) is 0 Å².